The van der Waals surface area contributed by atoms with E-state index in [9.17, 15) is 5.11 Å². The molecule has 0 atom stereocenters. The van der Waals surface area contributed by atoms with Crippen LogP contribution in [-0.2, 0) is 17.6 Å². The summed E-state index contributed by atoms with van der Waals surface area (Å²) in [7, 11) is 0. The van der Waals surface area contributed by atoms with Crippen molar-refractivity contribution in [3.63, 3.8) is 0 Å². The van der Waals surface area contributed by atoms with E-state index in [0.717, 1.165) is 52.6 Å². The molecule has 1 aromatic carbocycles. The SMILES string of the molecule is CCc1cc(O)cc(CC)c1OCCCCOCC=C(Br)Br. The van der Waals surface area contributed by atoms with Gasteiger partial charge in [0.15, 0.2) is 0 Å². The first kappa shape index (κ1) is 19.5. The summed E-state index contributed by atoms with van der Waals surface area (Å²) >= 11 is 6.57. The van der Waals surface area contributed by atoms with Crippen molar-refractivity contribution < 1.29 is 14.6 Å². The number of unbranched alkanes of at least 4 members (excludes halogenated alkanes) is 1. The predicted molar refractivity (Wildman–Crippen MR) is 98.3 cm³/mol. The quantitative estimate of drug-likeness (QED) is 0.505. The van der Waals surface area contributed by atoms with Gasteiger partial charge >= 0.3 is 0 Å². The third-order valence-corrected chi connectivity index (χ3v) is 3.92. The van der Waals surface area contributed by atoms with Crippen molar-refractivity contribution in [1.82, 2.24) is 0 Å². The maximum atomic E-state index is 9.73. The van der Waals surface area contributed by atoms with Crippen LogP contribution in [-0.4, -0.2) is 24.9 Å². The Labute approximate surface area is 150 Å². The fraction of sp³-hybridized carbons (Fsp3) is 0.529. The molecule has 1 rings (SSSR count). The molecule has 3 nitrogen and oxygen atoms in total. The van der Waals surface area contributed by atoms with E-state index in [4.69, 9.17) is 9.47 Å². The summed E-state index contributed by atoms with van der Waals surface area (Å²) in [5.41, 5.74) is 2.14. The smallest absolute Gasteiger partial charge is 0.125 e. The number of benzene rings is 1. The molecule has 124 valence electrons. The van der Waals surface area contributed by atoms with Crippen LogP contribution in [0.5, 0.6) is 11.5 Å². The van der Waals surface area contributed by atoms with Gasteiger partial charge in [0.25, 0.3) is 0 Å². The number of halogens is 2. The van der Waals surface area contributed by atoms with Crippen LogP contribution >= 0.6 is 31.9 Å². The standard InChI is InChI=1S/C17H24Br2O3/c1-3-13-11-15(20)12-14(4-2)17(13)22-9-6-5-8-21-10-7-16(18)19/h7,11-12,20H,3-6,8-10H2,1-2H3. The summed E-state index contributed by atoms with van der Waals surface area (Å²) in [6.07, 6.45) is 5.55. The van der Waals surface area contributed by atoms with Crippen molar-refractivity contribution in [3.05, 3.63) is 32.7 Å². The van der Waals surface area contributed by atoms with E-state index in [2.05, 4.69) is 45.7 Å². The van der Waals surface area contributed by atoms with Gasteiger partial charge in [-0.3, -0.25) is 0 Å². The Kier molecular flexibility index (Phi) is 9.84. The molecule has 0 fully saturated rings. The van der Waals surface area contributed by atoms with Crippen molar-refractivity contribution >= 4 is 31.9 Å². The van der Waals surface area contributed by atoms with Crippen LogP contribution in [0.4, 0.5) is 0 Å². The minimum Gasteiger partial charge on any atom is -0.508 e. The van der Waals surface area contributed by atoms with Crippen LogP contribution in [0.2, 0.25) is 0 Å². The minimum atomic E-state index is 0.320. The zero-order chi connectivity index (χ0) is 16.4. The number of ether oxygens (including phenoxy) is 2. The van der Waals surface area contributed by atoms with Crippen LogP contribution in [0.15, 0.2) is 21.6 Å². The molecule has 1 N–H and O–H groups in total. The van der Waals surface area contributed by atoms with Crippen LogP contribution in [0, 0.1) is 0 Å². The number of aryl methyl sites for hydroxylation is 2. The lowest BCUT2D eigenvalue weighted by molar-refractivity contribution is 0.152. The lowest BCUT2D eigenvalue weighted by atomic mass is 10.0. The normalized spacial score (nSPS) is 10.5. The fourth-order valence-electron chi connectivity index (χ4n) is 2.13. The summed E-state index contributed by atoms with van der Waals surface area (Å²) in [4.78, 5) is 0. The molecule has 0 aliphatic heterocycles. The molecule has 0 aliphatic carbocycles. The van der Waals surface area contributed by atoms with Crippen molar-refractivity contribution in [2.45, 2.75) is 39.5 Å². The Balaban J connectivity index is 2.37. The Morgan fingerprint density at radius 1 is 1.09 bits per heavy atom. The van der Waals surface area contributed by atoms with E-state index in [0.29, 0.717) is 19.0 Å². The van der Waals surface area contributed by atoms with Gasteiger partial charge < -0.3 is 14.6 Å². The number of phenols is 1. The molecular weight excluding hydrogens is 412 g/mol. The van der Waals surface area contributed by atoms with Crippen molar-refractivity contribution in [1.29, 1.82) is 0 Å². The third-order valence-electron chi connectivity index (χ3n) is 3.27. The molecule has 0 aromatic heterocycles. The molecular formula is C17H24Br2O3. The third kappa shape index (κ3) is 7.16. The van der Waals surface area contributed by atoms with Gasteiger partial charge in [-0.2, -0.15) is 0 Å². The van der Waals surface area contributed by atoms with E-state index in [-0.39, 0.29) is 0 Å². The highest BCUT2D eigenvalue weighted by atomic mass is 79.9. The summed E-state index contributed by atoms with van der Waals surface area (Å²) in [6.45, 7) is 6.15. The van der Waals surface area contributed by atoms with Crippen molar-refractivity contribution in [2.24, 2.45) is 0 Å². The molecule has 0 heterocycles. The molecule has 0 aliphatic rings. The van der Waals surface area contributed by atoms with Gasteiger partial charge in [-0.05, 0) is 86.9 Å². The topological polar surface area (TPSA) is 38.7 Å². The number of hydrogen-bond acceptors (Lipinski definition) is 3. The van der Waals surface area contributed by atoms with Gasteiger partial charge in [0, 0.05) is 6.61 Å². The summed E-state index contributed by atoms with van der Waals surface area (Å²) < 4.78 is 12.3. The lowest BCUT2D eigenvalue weighted by Crippen LogP contribution is -2.05. The molecule has 0 radical (unpaired) electrons. The monoisotopic (exact) mass is 434 g/mol. The Morgan fingerprint density at radius 2 is 1.68 bits per heavy atom. The largest absolute Gasteiger partial charge is 0.508 e. The van der Waals surface area contributed by atoms with Gasteiger partial charge in [0.2, 0.25) is 0 Å². The summed E-state index contributed by atoms with van der Waals surface area (Å²) in [6, 6.07) is 3.59. The van der Waals surface area contributed by atoms with Crippen LogP contribution in [0.25, 0.3) is 0 Å². The van der Waals surface area contributed by atoms with Gasteiger partial charge in [0.1, 0.15) is 11.5 Å². The summed E-state index contributed by atoms with van der Waals surface area (Å²) in [5.74, 6) is 1.26. The maximum Gasteiger partial charge on any atom is 0.125 e. The molecule has 0 bridgehead atoms. The van der Waals surface area contributed by atoms with E-state index in [1.807, 2.05) is 6.08 Å². The minimum absolute atomic E-state index is 0.320. The second kappa shape index (κ2) is 11.1. The molecule has 22 heavy (non-hydrogen) atoms. The second-order valence-corrected chi connectivity index (χ2v) is 7.70. The Hall–Kier alpha value is -0.520. The van der Waals surface area contributed by atoms with Gasteiger partial charge in [-0.15, -0.1) is 0 Å². The first-order valence-electron chi connectivity index (χ1n) is 7.64. The highest BCUT2D eigenvalue weighted by Crippen LogP contribution is 2.30. The number of phenolic OH excluding ortho intramolecular Hbond substituents is 1. The van der Waals surface area contributed by atoms with Crippen LogP contribution < -0.4 is 4.74 Å². The van der Waals surface area contributed by atoms with Crippen molar-refractivity contribution in [3.8, 4) is 11.5 Å². The van der Waals surface area contributed by atoms with E-state index in [1.54, 1.807) is 12.1 Å². The average molecular weight is 436 g/mol. The molecule has 5 heteroatoms. The Morgan fingerprint density at radius 3 is 2.23 bits per heavy atom. The fourth-order valence-corrected chi connectivity index (χ4v) is 2.40. The lowest BCUT2D eigenvalue weighted by Gasteiger charge is -2.15. The van der Waals surface area contributed by atoms with E-state index < -0.39 is 0 Å². The van der Waals surface area contributed by atoms with E-state index >= 15 is 0 Å². The second-order valence-electron chi connectivity index (χ2n) is 4.92. The highest BCUT2D eigenvalue weighted by molar-refractivity contribution is 9.28. The number of rotatable bonds is 10. The first-order chi connectivity index (χ1) is 10.6. The van der Waals surface area contributed by atoms with Crippen LogP contribution in [0.3, 0.4) is 0 Å². The molecule has 0 spiro atoms. The van der Waals surface area contributed by atoms with Gasteiger partial charge in [-0.25, -0.2) is 0 Å². The summed E-state index contributed by atoms with van der Waals surface area (Å²) in [5, 5.41) is 9.73. The number of aromatic hydroxyl groups is 1. The van der Waals surface area contributed by atoms with Crippen molar-refractivity contribution in [2.75, 3.05) is 19.8 Å². The highest BCUT2D eigenvalue weighted by Gasteiger charge is 2.10. The molecule has 0 saturated carbocycles. The zero-order valence-corrected chi connectivity index (χ0v) is 16.4. The van der Waals surface area contributed by atoms with E-state index in [1.165, 1.54) is 0 Å². The van der Waals surface area contributed by atoms with Gasteiger partial charge in [-0.1, -0.05) is 13.8 Å². The Bertz CT molecular complexity index is 458. The zero-order valence-electron chi connectivity index (χ0n) is 13.2. The maximum absolute atomic E-state index is 9.73. The molecule has 0 unspecified atom stereocenters. The average Bonchev–Trinajstić information content (AvgIpc) is 2.49. The number of hydrogen-bond donors (Lipinski definition) is 1. The van der Waals surface area contributed by atoms with Crippen LogP contribution in [0.1, 0.15) is 37.8 Å². The molecule has 0 amide bonds. The molecule has 0 saturated heterocycles. The predicted octanol–water partition coefficient (Wildman–Crippen LogP) is 5.32. The first-order valence-corrected chi connectivity index (χ1v) is 9.23. The molecule has 1 aromatic rings. The van der Waals surface area contributed by atoms with Gasteiger partial charge in [0.05, 0.1) is 16.6 Å².